The summed E-state index contributed by atoms with van der Waals surface area (Å²) >= 11 is 5.93. The van der Waals surface area contributed by atoms with Crippen molar-refractivity contribution in [1.29, 1.82) is 5.26 Å². The van der Waals surface area contributed by atoms with Gasteiger partial charge in [0.25, 0.3) is 0 Å². The lowest BCUT2D eigenvalue weighted by Crippen LogP contribution is -2.13. The molecule has 1 aromatic heterocycles. The molecule has 0 aliphatic rings. The number of aromatic nitrogens is 2. The average molecular weight is 290 g/mol. The predicted octanol–water partition coefficient (Wildman–Crippen LogP) is 2.57. The molecule has 0 saturated heterocycles. The summed E-state index contributed by atoms with van der Waals surface area (Å²) < 4.78 is 6.70. The van der Waals surface area contributed by atoms with Gasteiger partial charge in [0, 0.05) is 23.8 Å². The Kier molecular flexibility index (Phi) is 4.06. The third-order valence-electron chi connectivity index (χ3n) is 2.86. The first-order valence-corrected chi connectivity index (χ1v) is 6.21. The number of aryl methyl sites for hydroxylation is 1. The molecular formula is C14H12ClN3O2. The van der Waals surface area contributed by atoms with E-state index in [0.717, 1.165) is 0 Å². The lowest BCUT2D eigenvalue weighted by molar-refractivity contribution is 0.0972. The third kappa shape index (κ3) is 2.65. The molecule has 0 aliphatic carbocycles. The molecule has 0 spiro atoms. The second-order valence-electron chi connectivity index (χ2n) is 4.19. The van der Waals surface area contributed by atoms with Crippen molar-refractivity contribution < 1.29 is 9.53 Å². The smallest absolute Gasteiger partial charge is 0.204 e. The van der Waals surface area contributed by atoms with Gasteiger partial charge in [-0.3, -0.25) is 9.48 Å². The molecule has 0 radical (unpaired) electrons. The van der Waals surface area contributed by atoms with Gasteiger partial charge in [0.2, 0.25) is 5.78 Å². The Bertz CT molecular complexity index is 688. The van der Waals surface area contributed by atoms with Crippen molar-refractivity contribution >= 4 is 17.4 Å². The van der Waals surface area contributed by atoms with E-state index in [1.807, 2.05) is 6.07 Å². The first-order valence-electron chi connectivity index (χ1n) is 5.83. The Morgan fingerprint density at radius 3 is 2.80 bits per heavy atom. The summed E-state index contributed by atoms with van der Waals surface area (Å²) in [5.41, 5.74) is 0.680. The lowest BCUT2D eigenvalue weighted by atomic mass is 9.93. The maximum atomic E-state index is 12.4. The SMILES string of the molecule is COc1ccc(Cl)cc1C(C#N)C(=O)c1ccn(C)n1. The van der Waals surface area contributed by atoms with E-state index >= 15 is 0 Å². The van der Waals surface area contributed by atoms with E-state index in [0.29, 0.717) is 16.3 Å². The van der Waals surface area contributed by atoms with Crippen molar-refractivity contribution in [3.05, 3.63) is 46.7 Å². The predicted molar refractivity (Wildman–Crippen MR) is 73.9 cm³/mol. The second kappa shape index (κ2) is 5.76. The minimum Gasteiger partial charge on any atom is -0.496 e. The number of carbonyl (C=O) groups excluding carboxylic acids is 1. The Labute approximate surface area is 121 Å². The third-order valence-corrected chi connectivity index (χ3v) is 3.10. The number of methoxy groups -OCH3 is 1. The Balaban J connectivity index is 2.45. The molecule has 1 unspecified atom stereocenters. The van der Waals surface area contributed by atoms with Gasteiger partial charge in [0.15, 0.2) is 0 Å². The van der Waals surface area contributed by atoms with E-state index in [-0.39, 0.29) is 11.5 Å². The molecule has 102 valence electrons. The zero-order chi connectivity index (χ0) is 14.7. The fourth-order valence-electron chi connectivity index (χ4n) is 1.89. The Hall–Kier alpha value is -2.32. The largest absolute Gasteiger partial charge is 0.496 e. The van der Waals surface area contributed by atoms with Crippen molar-refractivity contribution in [3.63, 3.8) is 0 Å². The summed E-state index contributed by atoms with van der Waals surface area (Å²) in [5, 5.41) is 13.8. The molecule has 0 fully saturated rings. The number of hydrogen-bond donors (Lipinski definition) is 0. The fourth-order valence-corrected chi connectivity index (χ4v) is 2.08. The van der Waals surface area contributed by atoms with Crippen LogP contribution in [-0.4, -0.2) is 22.7 Å². The quantitative estimate of drug-likeness (QED) is 0.811. The number of benzene rings is 1. The van der Waals surface area contributed by atoms with Crippen molar-refractivity contribution in [2.24, 2.45) is 7.05 Å². The molecule has 1 heterocycles. The topological polar surface area (TPSA) is 67.9 Å². The molecule has 1 atom stereocenters. The molecule has 1 aromatic carbocycles. The van der Waals surface area contributed by atoms with E-state index in [4.69, 9.17) is 16.3 Å². The van der Waals surface area contributed by atoms with Crippen LogP contribution in [0.15, 0.2) is 30.5 Å². The number of ketones is 1. The van der Waals surface area contributed by atoms with E-state index in [1.165, 1.54) is 11.8 Å². The molecular weight excluding hydrogens is 278 g/mol. The molecule has 5 nitrogen and oxygen atoms in total. The molecule has 2 rings (SSSR count). The van der Waals surface area contributed by atoms with Crippen LogP contribution in [0.5, 0.6) is 5.75 Å². The van der Waals surface area contributed by atoms with E-state index in [1.54, 1.807) is 37.5 Å². The highest BCUT2D eigenvalue weighted by Crippen LogP contribution is 2.31. The van der Waals surface area contributed by atoms with Gasteiger partial charge in [0.05, 0.1) is 13.2 Å². The molecule has 6 heteroatoms. The number of ether oxygens (including phenoxy) is 1. The van der Waals surface area contributed by atoms with Crippen molar-refractivity contribution in [2.75, 3.05) is 7.11 Å². The van der Waals surface area contributed by atoms with Gasteiger partial charge in [-0.15, -0.1) is 0 Å². The summed E-state index contributed by atoms with van der Waals surface area (Å²) in [5.74, 6) is -0.933. The van der Waals surface area contributed by atoms with Crippen LogP contribution in [-0.2, 0) is 7.05 Å². The molecule has 0 N–H and O–H groups in total. The van der Waals surface area contributed by atoms with Crippen LogP contribution in [0, 0.1) is 11.3 Å². The average Bonchev–Trinajstić information content (AvgIpc) is 2.86. The maximum Gasteiger partial charge on any atom is 0.204 e. The summed E-state index contributed by atoms with van der Waals surface area (Å²) in [6.45, 7) is 0. The molecule has 0 aliphatic heterocycles. The summed E-state index contributed by atoms with van der Waals surface area (Å²) in [4.78, 5) is 12.4. The van der Waals surface area contributed by atoms with Crippen LogP contribution in [0.4, 0.5) is 0 Å². The van der Waals surface area contributed by atoms with Gasteiger partial charge < -0.3 is 4.74 Å². The monoisotopic (exact) mass is 289 g/mol. The van der Waals surface area contributed by atoms with Crippen LogP contribution in [0.25, 0.3) is 0 Å². The lowest BCUT2D eigenvalue weighted by Gasteiger charge is -2.12. The highest BCUT2D eigenvalue weighted by molar-refractivity contribution is 6.30. The maximum absolute atomic E-state index is 12.4. The van der Waals surface area contributed by atoms with E-state index < -0.39 is 5.92 Å². The number of halogens is 1. The number of carbonyl (C=O) groups is 1. The minimum absolute atomic E-state index is 0.237. The first kappa shape index (κ1) is 14.1. The molecule has 2 aromatic rings. The highest BCUT2D eigenvalue weighted by Gasteiger charge is 2.26. The van der Waals surface area contributed by atoms with Crippen molar-refractivity contribution in [2.45, 2.75) is 5.92 Å². The first-order chi connectivity index (χ1) is 9.56. The Morgan fingerprint density at radius 1 is 1.50 bits per heavy atom. The standard InChI is InChI=1S/C14H12ClN3O2/c1-18-6-5-12(17-18)14(19)11(8-16)10-7-9(15)3-4-13(10)20-2/h3-7,11H,1-2H3. The molecule has 0 amide bonds. The Morgan fingerprint density at radius 2 is 2.25 bits per heavy atom. The molecule has 0 bridgehead atoms. The van der Waals surface area contributed by atoms with Gasteiger partial charge in [-0.2, -0.15) is 10.4 Å². The number of nitriles is 1. The number of rotatable bonds is 4. The van der Waals surface area contributed by atoms with Gasteiger partial charge in [-0.1, -0.05) is 11.6 Å². The second-order valence-corrected chi connectivity index (χ2v) is 4.62. The zero-order valence-corrected chi connectivity index (χ0v) is 11.8. The van der Waals surface area contributed by atoms with Gasteiger partial charge in [-0.05, 0) is 24.3 Å². The highest BCUT2D eigenvalue weighted by atomic mass is 35.5. The minimum atomic E-state index is -1.00. The summed E-state index contributed by atoms with van der Waals surface area (Å²) in [6, 6.07) is 8.40. The van der Waals surface area contributed by atoms with Crippen LogP contribution in [0.2, 0.25) is 5.02 Å². The van der Waals surface area contributed by atoms with Gasteiger partial charge >= 0.3 is 0 Å². The van der Waals surface area contributed by atoms with Crippen LogP contribution in [0.3, 0.4) is 0 Å². The fraction of sp³-hybridized carbons (Fsp3) is 0.214. The molecule has 20 heavy (non-hydrogen) atoms. The van der Waals surface area contributed by atoms with E-state index in [9.17, 15) is 10.1 Å². The number of hydrogen-bond acceptors (Lipinski definition) is 4. The number of nitrogens with zero attached hydrogens (tertiary/aromatic N) is 3. The van der Waals surface area contributed by atoms with Crippen molar-refractivity contribution in [1.82, 2.24) is 9.78 Å². The van der Waals surface area contributed by atoms with Gasteiger partial charge in [0.1, 0.15) is 17.4 Å². The van der Waals surface area contributed by atoms with Crippen LogP contribution >= 0.6 is 11.6 Å². The summed E-state index contributed by atoms with van der Waals surface area (Å²) in [7, 11) is 3.19. The van der Waals surface area contributed by atoms with E-state index in [2.05, 4.69) is 5.10 Å². The molecule has 0 saturated carbocycles. The zero-order valence-electron chi connectivity index (χ0n) is 11.0. The van der Waals surface area contributed by atoms with Crippen LogP contribution < -0.4 is 4.74 Å². The normalized spacial score (nSPS) is 11.7. The summed E-state index contributed by atoms with van der Waals surface area (Å²) in [6.07, 6.45) is 1.65. The number of Topliss-reactive ketones (excluding diaryl/α,β-unsaturated/α-hetero) is 1. The van der Waals surface area contributed by atoms with Gasteiger partial charge in [-0.25, -0.2) is 0 Å². The van der Waals surface area contributed by atoms with Crippen molar-refractivity contribution in [3.8, 4) is 11.8 Å². The van der Waals surface area contributed by atoms with Crippen LogP contribution in [0.1, 0.15) is 22.0 Å².